The summed E-state index contributed by atoms with van der Waals surface area (Å²) in [6.45, 7) is 0.412. The molecule has 5 rings (SSSR count). The Morgan fingerprint density at radius 2 is 1.19 bits per heavy atom. The molecular weight excluding hydrogens is 388 g/mol. The smallest absolute Gasteiger partial charge is 0.335 e. The SMILES string of the molecule is O=COc1ccc(C2(c3ccc(C(=O)O)cc3)c3ccccc3-c3ccccc32)cc1. The van der Waals surface area contributed by atoms with E-state index in [0.717, 1.165) is 33.4 Å². The van der Waals surface area contributed by atoms with Gasteiger partial charge in [0, 0.05) is 0 Å². The van der Waals surface area contributed by atoms with Crippen LogP contribution in [0.25, 0.3) is 11.1 Å². The third-order valence-corrected chi connectivity index (χ3v) is 5.99. The molecule has 0 amide bonds. The summed E-state index contributed by atoms with van der Waals surface area (Å²) in [7, 11) is 0. The molecular formula is C27H18O4. The predicted molar refractivity (Wildman–Crippen MR) is 117 cm³/mol. The van der Waals surface area contributed by atoms with Crippen LogP contribution < -0.4 is 4.74 Å². The highest BCUT2D eigenvalue weighted by molar-refractivity contribution is 5.89. The van der Waals surface area contributed by atoms with E-state index in [1.165, 1.54) is 0 Å². The summed E-state index contributed by atoms with van der Waals surface area (Å²) in [5.41, 5.74) is 6.15. The topological polar surface area (TPSA) is 63.6 Å². The van der Waals surface area contributed by atoms with Gasteiger partial charge in [0.05, 0.1) is 11.0 Å². The van der Waals surface area contributed by atoms with Gasteiger partial charge in [0.2, 0.25) is 0 Å². The fraction of sp³-hybridized carbons (Fsp3) is 0.0370. The van der Waals surface area contributed by atoms with Crippen LogP contribution in [0.1, 0.15) is 32.6 Å². The molecule has 0 aromatic heterocycles. The number of aromatic carboxylic acids is 1. The molecule has 0 bridgehead atoms. The van der Waals surface area contributed by atoms with Crippen LogP contribution in [0.5, 0.6) is 5.75 Å². The Morgan fingerprint density at radius 1 is 0.710 bits per heavy atom. The molecule has 31 heavy (non-hydrogen) atoms. The van der Waals surface area contributed by atoms with Crippen LogP contribution in [0.15, 0.2) is 97.1 Å². The lowest BCUT2D eigenvalue weighted by Crippen LogP contribution is -2.28. The minimum atomic E-state index is -0.955. The molecule has 150 valence electrons. The van der Waals surface area contributed by atoms with Crippen LogP contribution in [0.4, 0.5) is 0 Å². The molecule has 1 N–H and O–H groups in total. The summed E-state index contributed by atoms with van der Waals surface area (Å²) in [6, 6.07) is 31.1. The number of hydrogen-bond acceptors (Lipinski definition) is 3. The number of carbonyl (C=O) groups is 2. The van der Waals surface area contributed by atoms with Gasteiger partial charge in [-0.1, -0.05) is 72.8 Å². The van der Waals surface area contributed by atoms with Crippen molar-refractivity contribution >= 4 is 12.4 Å². The quantitative estimate of drug-likeness (QED) is 0.403. The monoisotopic (exact) mass is 406 g/mol. The molecule has 4 aromatic rings. The van der Waals surface area contributed by atoms with E-state index < -0.39 is 11.4 Å². The number of carbonyl (C=O) groups excluding carboxylic acids is 1. The van der Waals surface area contributed by atoms with Crippen molar-refractivity contribution in [1.29, 1.82) is 0 Å². The number of fused-ring (bicyclic) bond motifs is 3. The Kier molecular flexibility index (Phi) is 4.41. The van der Waals surface area contributed by atoms with E-state index >= 15 is 0 Å². The van der Waals surface area contributed by atoms with Crippen molar-refractivity contribution in [3.63, 3.8) is 0 Å². The first-order valence-electron chi connectivity index (χ1n) is 9.90. The van der Waals surface area contributed by atoms with Crippen LogP contribution in [0.3, 0.4) is 0 Å². The molecule has 0 saturated carbocycles. The van der Waals surface area contributed by atoms with E-state index in [2.05, 4.69) is 24.3 Å². The highest BCUT2D eigenvalue weighted by Crippen LogP contribution is 2.56. The first-order valence-corrected chi connectivity index (χ1v) is 9.90. The molecule has 0 radical (unpaired) electrons. The van der Waals surface area contributed by atoms with Gasteiger partial charge in [0.15, 0.2) is 0 Å². The van der Waals surface area contributed by atoms with Crippen molar-refractivity contribution in [2.75, 3.05) is 0 Å². The van der Waals surface area contributed by atoms with E-state index in [4.69, 9.17) is 4.74 Å². The number of hydrogen-bond donors (Lipinski definition) is 1. The number of carboxylic acid groups (broad SMARTS) is 1. The van der Waals surface area contributed by atoms with Gasteiger partial charge in [0.25, 0.3) is 6.47 Å². The van der Waals surface area contributed by atoms with E-state index in [1.54, 1.807) is 24.3 Å². The molecule has 4 aromatic carbocycles. The molecule has 4 nitrogen and oxygen atoms in total. The van der Waals surface area contributed by atoms with Crippen molar-refractivity contribution in [2.24, 2.45) is 0 Å². The third kappa shape index (κ3) is 2.76. The summed E-state index contributed by atoms with van der Waals surface area (Å²) in [5.74, 6) is -0.488. The van der Waals surface area contributed by atoms with E-state index in [0.29, 0.717) is 12.2 Å². The summed E-state index contributed by atoms with van der Waals surface area (Å²) in [5, 5.41) is 9.38. The Labute approximate surface area is 179 Å². The van der Waals surface area contributed by atoms with Crippen molar-refractivity contribution in [2.45, 2.75) is 5.41 Å². The standard InChI is InChI=1S/C27H18O4/c28-17-31-21-15-13-20(14-16-21)27(19-11-9-18(10-12-19)26(29)30)24-7-3-1-5-22(24)23-6-2-4-8-25(23)27/h1-17H,(H,29,30). The Morgan fingerprint density at radius 3 is 1.68 bits per heavy atom. The van der Waals surface area contributed by atoms with Gasteiger partial charge in [-0.3, -0.25) is 4.79 Å². The van der Waals surface area contributed by atoms with Crippen molar-refractivity contribution in [1.82, 2.24) is 0 Å². The van der Waals surface area contributed by atoms with Crippen LogP contribution in [-0.2, 0) is 10.2 Å². The normalized spacial score (nSPS) is 13.2. The maximum atomic E-state index is 11.4. The molecule has 4 heteroatoms. The second kappa shape index (κ2) is 7.26. The second-order valence-corrected chi connectivity index (χ2v) is 7.46. The zero-order valence-electron chi connectivity index (χ0n) is 16.5. The first kappa shape index (κ1) is 18.8. The fourth-order valence-corrected chi connectivity index (χ4v) is 4.73. The largest absolute Gasteiger partial charge is 0.478 e. The van der Waals surface area contributed by atoms with Crippen molar-refractivity contribution < 1.29 is 19.4 Å². The molecule has 0 atom stereocenters. The number of rotatable bonds is 5. The molecule has 0 aliphatic heterocycles. The van der Waals surface area contributed by atoms with Crippen LogP contribution in [0.2, 0.25) is 0 Å². The molecule has 0 saturated heterocycles. The van der Waals surface area contributed by atoms with E-state index in [-0.39, 0.29) is 5.56 Å². The summed E-state index contributed by atoms with van der Waals surface area (Å²) >= 11 is 0. The van der Waals surface area contributed by atoms with Gasteiger partial charge in [-0.05, 0) is 57.6 Å². The van der Waals surface area contributed by atoms with Crippen LogP contribution in [-0.4, -0.2) is 17.5 Å². The lowest BCUT2D eigenvalue weighted by molar-refractivity contribution is -0.120. The molecule has 0 spiro atoms. The van der Waals surface area contributed by atoms with Gasteiger partial charge in [-0.25, -0.2) is 4.79 Å². The van der Waals surface area contributed by atoms with Crippen LogP contribution in [0, 0.1) is 0 Å². The Bertz CT molecular complexity index is 1240. The van der Waals surface area contributed by atoms with E-state index in [1.807, 2.05) is 48.5 Å². The third-order valence-electron chi connectivity index (χ3n) is 5.99. The zero-order valence-corrected chi connectivity index (χ0v) is 16.5. The summed E-state index contributed by atoms with van der Waals surface area (Å²) < 4.78 is 5.00. The van der Waals surface area contributed by atoms with Crippen molar-refractivity contribution in [3.05, 3.63) is 125 Å². The Balaban J connectivity index is 1.84. The lowest BCUT2D eigenvalue weighted by Gasteiger charge is -2.34. The maximum absolute atomic E-state index is 11.4. The highest BCUT2D eigenvalue weighted by Gasteiger charge is 2.45. The van der Waals surface area contributed by atoms with Gasteiger partial charge < -0.3 is 9.84 Å². The minimum absolute atomic E-state index is 0.244. The van der Waals surface area contributed by atoms with Crippen molar-refractivity contribution in [3.8, 4) is 16.9 Å². The zero-order chi connectivity index (χ0) is 21.4. The molecule has 0 fully saturated rings. The predicted octanol–water partition coefficient (Wildman–Crippen LogP) is 5.28. The average Bonchev–Trinajstić information content (AvgIpc) is 3.11. The van der Waals surface area contributed by atoms with E-state index in [9.17, 15) is 14.7 Å². The average molecular weight is 406 g/mol. The van der Waals surface area contributed by atoms with Gasteiger partial charge >= 0.3 is 5.97 Å². The highest BCUT2D eigenvalue weighted by atomic mass is 16.5. The lowest BCUT2D eigenvalue weighted by atomic mass is 9.67. The summed E-state index contributed by atoms with van der Waals surface area (Å²) in [6.07, 6.45) is 0. The fourth-order valence-electron chi connectivity index (χ4n) is 4.73. The summed E-state index contributed by atoms with van der Waals surface area (Å²) in [4.78, 5) is 22.2. The molecule has 1 aliphatic rings. The minimum Gasteiger partial charge on any atom is -0.478 e. The first-order chi connectivity index (χ1) is 15.2. The van der Waals surface area contributed by atoms with Crippen LogP contribution >= 0.6 is 0 Å². The molecule has 1 aliphatic carbocycles. The van der Waals surface area contributed by atoms with Gasteiger partial charge in [-0.2, -0.15) is 0 Å². The van der Waals surface area contributed by atoms with Gasteiger partial charge in [0.1, 0.15) is 5.75 Å². The second-order valence-electron chi connectivity index (χ2n) is 7.46. The molecule has 0 heterocycles. The van der Waals surface area contributed by atoms with Gasteiger partial charge in [-0.15, -0.1) is 0 Å². The maximum Gasteiger partial charge on any atom is 0.335 e. The number of carboxylic acids is 1. The Hall–Kier alpha value is -4.18. The number of ether oxygens (including phenoxy) is 1. The number of benzene rings is 4. The molecule has 0 unspecified atom stereocenters.